The number of nitrogen functional groups attached to an aromatic ring is 1. The maximum absolute atomic E-state index is 13.8. The molecule has 0 unspecified atom stereocenters. The van der Waals surface area contributed by atoms with Crippen molar-refractivity contribution in [3.05, 3.63) is 35.7 Å². The van der Waals surface area contributed by atoms with Gasteiger partial charge in [-0.15, -0.1) is 0 Å². The third-order valence-corrected chi connectivity index (χ3v) is 3.76. The van der Waals surface area contributed by atoms with Crippen LogP contribution in [0.25, 0.3) is 0 Å². The quantitative estimate of drug-likeness (QED) is 0.795. The van der Waals surface area contributed by atoms with Crippen LogP contribution >= 0.6 is 0 Å². The number of benzene rings is 1. The summed E-state index contributed by atoms with van der Waals surface area (Å²) in [5.41, 5.74) is 5.84. The van der Waals surface area contributed by atoms with Crippen LogP contribution in [0.3, 0.4) is 0 Å². The minimum absolute atomic E-state index is 0.143. The Morgan fingerprint density at radius 1 is 1.47 bits per heavy atom. The van der Waals surface area contributed by atoms with Gasteiger partial charge in [-0.25, -0.2) is 17.5 Å². The van der Waals surface area contributed by atoms with Crippen LogP contribution in [0.5, 0.6) is 0 Å². The van der Waals surface area contributed by atoms with Crippen LogP contribution in [-0.2, 0) is 16.6 Å². The zero-order chi connectivity index (χ0) is 14.0. The molecule has 0 atom stereocenters. The van der Waals surface area contributed by atoms with E-state index in [1.165, 1.54) is 13.0 Å². The summed E-state index contributed by atoms with van der Waals surface area (Å²) in [6.45, 7) is 1.23. The predicted molar refractivity (Wildman–Crippen MR) is 63.9 cm³/mol. The highest BCUT2D eigenvalue weighted by Crippen LogP contribution is 2.21. The molecule has 2 rings (SSSR count). The fourth-order valence-corrected chi connectivity index (χ4v) is 2.63. The second-order valence-electron chi connectivity index (χ2n) is 3.82. The van der Waals surface area contributed by atoms with Crippen molar-refractivity contribution in [1.82, 2.24) is 14.9 Å². The molecule has 2 aromatic rings. The van der Waals surface area contributed by atoms with Crippen molar-refractivity contribution >= 4 is 15.7 Å². The number of nitrogens with two attached hydrogens (primary N) is 1. The smallest absolute Gasteiger partial charge is 0.243 e. The van der Waals surface area contributed by atoms with Crippen molar-refractivity contribution in [2.75, 3.05) is 5.73 Å². The monoisotopic (exact) mass is 286 g/mol. The van der Waals surface area contributed by atoms with E-state index < -0.39 is 20.7 Å². The molecule has 3 N–H and O–H groups in total. The molecule has 102 valence electrons. The summed E-state index contributed by atoms with van der Waals surface area (Å²) in [7, 11) is -4.04. The van der Waals surface area contributed by atoms with Crippen molar-refractivity contribution in [1.29, 1.82) is 0 Å². The Bertz CT molecular complexity index is 685. The third-order valence-electron chi connectivity index (χ3n) is 2.36. The molecule has 1 aromatic carbocycles. The molecule has 0 aliphatic carbocycles. The van der Waals surface area contributed by atoms with E-state index in [0.717, 1.165) is 12.5 Å². The molecule has 0 spiro atoms. The van der Waals surface area contributed by atoms with Gasteiger partial charge in [-0.2, -0.15) is 4.98 Å². The summed E-state index contributed by atoms with van der Waals surface area (Å²) in [6, 6.07) is 2.41. The molecular weight excluding hydrogens is 275 g/mol. The van der Waals surface area contributed by atoms with E-state index in [1.54, 1.807) is 0 Å². The highest BCUT2D eigenvalue weighted by Gasteiger charge is 2.21. The maximum atomic E-state index is 13.8. The van der Waals surface area contributed by atoms with Gasteiger partial charge in [-0.3, -0.25) is 0 Å². The Kier molecular flexibility index (Phi) is 3.49. The highest BCUT2D eigenvalue weighted by atomic mass is 32.2. The largest absolute Gasteiger partial charge is 0.399 e. The lowest BCUT2D eigenvalue weighted by Crippen LogP contribution is -2.25. The number of hydrogen-bond donors (Lipinski definition) is 2. The van der Waals surface area contributed by atoms with Crippen molar-refractivity contribution in [2.45, 2.75) is 18.4 Å². The van der Waals surface area contributed by atoms with Gasteiger partial charge < -0.3 is 10.3 Å². The number of nitrogens with one attached hydrogen (secondary N) is 1. The first-order chi connectivity index (χ1) is 8.90. The topological polar surface area (TPSA) is 111 Å². The van der Waals surface area contributed by atoms with Gasteiger partial charge in [-0.05, 0) is 24.6 Å². The number of rotatable bonds is 4. The molecule has 19 heavy (non-hydrogen) atoms. The molecule has 0 bridgehead atoms. The van der Waals surface area contributed by atoms with Crippen molar-refractivity contribution in [2.24, 2.45) is 0 Å². The Morgan fingerprint density at radius 2 is 2.21 bits per heavy atom. The molecule has 0 amide bonds. The average molecular weight is 286 g/mol. The van der Waals surface area contributed by atoms with Gasteiger partial charge in [0.05, 0.1) is 6.54 Å². The normalized spacial score (nSPS) is 11.7. The number of anilines is 1. The van der Waals surface area contributed by atoms with E-state index in [2.05, 4.69) is 19.4 Å². The Hall–Kier alpha value is -2.00. The molecule has 0 aliphatic rings. The Balaban J connectivity index is 2.29. The molecular formula is C10H11FN4O3S. The lowest BCUT2D eigenvalue weighted by Gasteiger charge is -2.09. The number of aromatic nitrogens is 2. The van der Waals surface area contributed by atoms with Crippen LogP contribution in [-0.4, -0.2) is 18.6 Å². The van der Waals surface area contributed by atoms with E-state index in [1.807, 2.05) is 0 Å². The van der Waals surface area contributed by atoms with Crippen LogP contribution < -0.4 is 10.5 Å². The lowest BCUT2D eigenvalue weighted by molar-refractivity contribution is 0.409. The SMILES string of the molecule is Cc1cc(N)cc(S(=O)(=O)NCc2ncon2)c1F. The van der Waals surface area contributed by atoms with Crippen molar-refractivity contribution in [3.8, 4) is 0 Å². The first kappa shape index (κ1) is 13.4. The van der Waals surface area contributed by atoms with Crippen molar-refractivity contribution < 1.29 is 17.3 Å². The van der Waals surface area contributed by atoms with Gasteiger partial charge in [0, 0.05) is 5.69 Å². The maximum Gasteiger partial charge on any atom is 0.243 e. The van der Waals surface area contributed by atoms with Crippen LogP contribution in [0.2, 0.25) is 0 Å². The number of nitrogens with zero attached hydrogens (tertiary/aromatic N) is 2. The average Bonchev–Trinajstić information content (AvgIpc) is 2.84. The molecule has 0 fully saturated rings. The summed E-state index contributed by atoms with van der Waals surface area (Å²) in [4.78, 5) is 3.14. The predicted octanol–water partition coefficient (Wildman–Crippen LogP) is 0.578. The molecule has 0 aliphatic heterocycles. The van der Waals surface area contributed by atoms with Gasteiger partial charge in [0.25, 0.3) is 0 Å². The number of hydrogen-bond acceptors (Lipinski definition) is 6. The van der Waals surface area contributed by atoms with Crippen LogP contribution in [0.15, 0.2) is 27.9 Å². The van der Waals surface area contributed by atoms with Gasteiger partial charge in [-0.1, -0.05) is 5.16 Å². The Morgan fingerprint density at radius 3 is 2.84 bits per heavy atom. The lowest BCUT2D eigenvalue weighted by atomic mass is 10.2. The zero-order valence-corrected chi connectivity index (χ0v) is 10.7. The fraction of sp³-hybridized carbons (Fsp3) is 0.200. The van der Waals surface area contributed by atoms with Gasteiger partial charge in [0.15, 0.2) is 5.82 Å². The molecule has 9 heteroatoms. The second kappa shape index (κ2) is 4.94. The summed E-state index contributed by atoms with van der Waals surface area (Å²) in [5, 5.41) is 3.44. The first-order valence-electron chi connectivity index (χ1n) is 5.20. The van der Waals surface area contributed by atoms with Gasteiger partial charge in [0.1, 0.15) is 10.7 Å². The second-order valence-corrected chi connectivity index (χ2v) is 5.56. The van der Waals surface area contributed by atoms with E-state index in [-0.39, 0.29) is 23.6 Å². The number of sulfonamides is 1. The Labute approximate surface area is 108 Å². The minimum Gasteiger partial charge on any atom is -0.399 e. The van der Waals surface area contributed by atoms with Gasteiger partial charge in [0.2, 0.25) is 16.4 Å². The van der Waals surface area contributed by atoms with Gasteiger partial charge >= 0.3 is 0 Å². The zero-order valence-electron chi connectivity index (χ0n) is 9.92. The number of aryl methyl sites for hydroxylation is 1. The molecule has 0 saturated carbocycles. The van der Waals surface area contributed by atoms with E-state index in [9.17, 15) is 12.8 Å². The van der Waals surface area contributed by atoms with Crippen LogP contribution in [0.4, 0.5) is 10.1 Å². The summed E-state index contributed by atoms with van der Waals surface area (Å²) < 4.78 is 44.4. The summed E-state index contributed by atoms with van der Waals surface area (Å²) >= 11 is 0. The third kappa shape index (κ3) is 2.88. The van der Waals surface area contributed by atoms with E-state index in [4.69, 9.17) is 5.73 Å². The molecule has 1 aromatic heterocycles. The summed E-state index contributed by atoms with van der Waals surface area (Å²) in [6.07, 6.45) is 1.06. The van der Waals surface area contributed by atoms with E-state index >= 15 is 0 Å². The van der Waals surface area contributed by atoms with E-state index in [0.29, 0.717) is 0 Å². The molecule has 0 radical (unpaired) electrons. The minimum atomic E-state index is -4.04. The first-order valence-corrected chi connectivity index (χ1v) is 6.69. The molecule has 1 heterocycles. The number of halogens is 1. The van der Waals surface area contributed by atoms with Crippen LogP contribution in [0.1, 0.15) is 11.4 Å². The fourth-order valence-electron chi connectivity index (χ4n) is 1.47. The highest BCUT2D eigenvalue weighted by molar-refractivity contribution is 7.89. The molecule has 7 nitrogen and oxygen atoms in total. The summed E-state index contributed by atoms with van der Waals surface area (Å²) in [5.74, 6) is -0.695. The molecule has 0 saturated heterocycles. The van der Waals surface area contributed by atoms with Crippen LogP contribution in [0, 0.1) is 12.7 Å². The standard InChI is InChI=1S/C10H11FN4O3S/c1-6-2-7(12)3-8(10(6)11)19(16,17)14-4-9-13-5-18-15-9/h2-3,5,14H,4,12H2,1H3. The van der Waals surface area contributed by atoms with Crippen molar-refractivity contribution in [3.63, 3.8) is 0 Å².